The Morgan fingerprint density at radius 2 is 1.90 bits per heavy atom. The molecule has 1 saturated heterocycles. The number of sulfonamides is 1. The summed E-state index contributed by atoms with van der Waals surface area (Å²) in [7, 11) is -3.76. The lowest BCUT2D eigenvalue weighted by Crippen LogP contribution is -2.46. The highest BCUT2D eigenvalue weighted by Gasteiger charge is 2.35. The van der Waals surface area contributed by atoms with Crippen LogP contribution in [-0.4, -0.2) is 44.2 Å². The molecule has 2 aromatic rings. The molecule has 4 rings (SSSR count). The van der Waals surface area contributed by atoms with Gasteiger partial charge in [0.05, 0.1) is 6.26 Å². The molecule has 1 amide bonds. The minimum Gasteiger partial charge on any atom is -0.459 e. The zero-order valence-electron chi connectivity index (χ0n) is 15.8. The van der Waals surface area contributed by atoms with E-state index < -0.39 is 10.0 Å². The monoisotopic (exact) mass is 433 g/mol. The standard InChI is InChI=1S/C20H20ClN3O4S/c1-13-18(14-4-6-15(21)7-5-14)29(26,27)23-19(13)24-10-8-16(9-11-24)22-20(25)17-3-2-12-28-17/h2-7,12,16H,8-11H2,1H3,(H,22,25). The maximum Gasteiger partial charge on any atom is 0.287 e. The van der Waals surface area contributed by atoms with Crippen molar-refractivity contribution in [2.24, 2.45) is 4.40 Å². The molecule has 0 atom stereocenters. The summed E-state index contributed by atoms with van der Waals surface area (Å²) in [5, 5.41) is 3.50. The SMILES string of the molecule is CC1=C(c2ccc(Cl)cc2)S(=O)(=O)N=C1N1CCC(NC(=O)c2ccco2)CC1. The van der Waals surface area contributed by atoms with Crippen molar-refractivity contribution < 1.29 is 17.6 Å². The first-order chi connectivity index (χ1) is 13.8. The van der Waals surface area contributed by atoms with Crippen LogP contribution in [0.4, 0.5) is 0 Å². The Kier molecular flexibility index (Phi) is 5.23. The molecule has 0 unspecified atom stereocenters. The number of nitrogens with zero attached hydrogens (tertiary/aromatic N) is 2. The zero-order valence-corrected chi connectivity index (χ0v) is 17.3. The topological polar surface area (TPSA) is 92.0 Å². The highest BCUT2D eigenvalue weighted by atomic mass is 35.5. The summed E-state index contributed by atoms with van der Waals surface area (Å²) in [6.45, 7) is 2.98. The van der Waals surface area contributed by atoms with Gasteiger partial charge in [-0.05, 0) is 49.6 Å². The Balaban J connectivity index is 1.47. The molecule has 7 nitrogen and oxygen atoms in total. The molecule has 1 N–H and O–H groups in total. The Hall–Kier alpha value is -2.58. The fourth-order valence-corrected chi connectivity index (χ4v) is 5.29. The van der Waals surface area contributed by atoms with E-state index in [0.717, 1.165) is 0 Å². The van der Waals surface area contributed by atoms with Gasteiger partial charge in [-0.2, -0.15) is 8.42 Å². The first-order valence-electron chi connectivity index (χ1n) is 9.26. The van der Waals surface area contributed by atoms with Gasteiger partial charge in [0.1, 0.15) is 10.7 Å². The van der Waals surface area contributed by atoms with Gasteiger partial charge in [-0.15, -0.1) is 4.40 Å². The normalized spacial score (nSPS) is 19.4. The van der Waals surface area contributed by atoms with Gasteiger partial charge >= 0.3 is 0 Å². The van der Waals surface area contributed by atoms with Gasteiger partial charge in [-0.3, -0.25) is 4.79 Å². The largest absolute Gasteiger partial charge is 0.459 e. The fraction of sp³-hybridized carbons (Fsp3) is 0.300. The molecule has 0 spiro atoms. The molecule has 2 aliphatic rings. The van der Waals surface area contributed by atoms with Crippen molar-refractivity contribution in [2.45, 2.75) is 25.8 Å². The summed E-state index contributed by atoms with van der Waals surface area (Å²) in [5.74, 6) is 0.520. The summed E-state index contributed by atoms with van der Waals surface area (Å²) in [4.78, 5) is 14.3. The Labute approximate surface area is 174 Å². The number of nitrogens with one attached hydrogen (secondary N) is 1. The molecule has 152 valence electrons. The smallest absolute Gasteiger partial charge is 0.287 e. The van der Waals surface area contributed by atoms with E-state index in [-0.39, 0.29) is 22.6 Å². The lowest BCUT2D eigenvalue weighted by molar-refractivity contribution is 0.0894. The molecule has 0 saturated carbocycles. The second kappa shape index (κ2) is 7.68. The van der Waals surface area contributed by atoms with Crippen molar-refractivity contribution in [1.29, 1.82) is 0 Å². The third-order valence-corrected chi connectivity index (χ3v) is 6.84. The minimum absolute atomic E-state index is 0.00230. The second-order valence-corrected chi connectivity index (χ2v) is 9.04. The predicted octanol–water partition coefficient (Wildman–Crippen LogP) is 3.30. The Morgan fingerprint density at radius 1 is 1.21 bits per heavy atom. The van der Waals surface area contributed by atoms with Gasteiger partial charge in [-0.1, -0.05) is 23.7 Å². The first kappa shape index (κ1) is 19.7. The van der Waals surface area contributed by atoms with E-state index in [4.69, 9.17) is 16.0 Å². The number of amides is 1. The van der Waals surface area contributed by atoms with Crippen molar-refractivity contribution in [1.82, 2.24) is 10.2 Å². The summed E-state index contributed by atoms with van der Waals surface area (Å²) in [5.41, 5.74) is 1.21. The zero-order chi connectivity index (χ0) is 20.6. The number of carbonyl (C=O) groups is 1. The highest BCUT2D eigenvalue weighted by molar-refractivity contribution is 8.00. The van der Waals surface area contributed by atoms with E-state index >= 15 is 0 Å². The van der Waals surface area contributed by atoms with Crippen LogP contribution in [0.2, 0.25) is 5.02 Å². The Bertz CT molecular complexity index is 1080. The van der Waals surface area contributed by atoms with E-state index in [1.165, 1.54) is 6.26 Å². The van der Waals surface area contributed by atoms with Gasteiger partial charge in [0.25, 0.3) is 15.9 Å². The van der Waals surface area contributed by atoms with Crippen LogP contribution in [0.5, 0.6) is 0 Å². The number of halogens is 1. The molecule has 2 aliphatic heterocycles. The molecule has 1 aromatic carbocycles. The van der Waals surface area contributed by atoms with Gasteiger partial charge < -0.3 is 14.6 Å². The molecule has 3 heterocycles. The number of rotatable bonds is 3. The van der Waals surface area contributed by atoms with Crippen molar-refractivity contribution in [3.63, 3.8) is 0 Å². The van der Waals surface area contributed by atoms with Crippen LogP contribution < -0.4 is 5.32 Å². The molecule has 1 fully saturated rings. The van der Waals surface area contributed by atoms with Gasteiger partial charge in [0.2, 0.25) is 0 Å². The maximum atomic E-state index is 12.7. The fourth-order valence-electron chi connectivity index (χ4n) is 3.68. The number of carbonyl (C=O) groups excluding carboxylic acids is 1. The molecular weight excluding hydrogens is 414 g/mol. The third kappa shape index (κ3) is 3.95. The van der Waals surface area contributed by atoms with E-state index in [2.05, 4.69) is 9.71 Å². The van der Waals surface area contributed by atoms with Crippen molar-refractivity contribution in [3.8, 4) is 0 Å². The van der Waals surface area contributed by atoms with E-state index in [0.29, 0.717) is 47.9 Å². The van der Waals surface area contributed by atoms with Crippen molar-refractivity contribution in [3.05, 3.63) is 64.6 Å². The summed E-state index contributed by atoms with van der Waals surface area (Å²) in [6.07, 6.45) is 2.84. The van der Waals surface area contributed by atoms with Crippen LogP contribution in [-0.2, 0) is 10.0 Å². The minimum atomic E-state index is -3.76. The molecule has 0 bridgehead atoms. The molecule has 9 heteroatoms. The van der Waals surface area contributed by atoms with Crippen LogP contribution >= 0.6 is 11.6 Å². The van der Waals surface area contributed by atoms with E-state index in [9.17, 15) is 13.2 Å². The summed E-state index contributed by atoms with van der Waals surface area (Å²) >= 11 is 5.92. The van der Waals surface area contributed by atoms with Crippen LogP contribution in [0, 0.1) is 0 Å². The number of piperidine rings is 1. The number of likely N-dealkylation sites (tertiary alicyclic amines) is 1. The summed E-state index contributed by atoms with van der Waals surface area (Å²) in [6, 6.07) is 10.00. The van der Waals surface area contributed by atoms with Crippen molar-refractivity contribution in [2.75, 3.05) is 13.1 Å². The number of furan rings is 1. The quantitative estimate of drug-likeness (QED) is 0.801. The number of benzene rings is 1. The lowest BCUT2D eigenvalue weighted by atomic mass is 10.0. The number of hydrogen-bond donors (Lipinski definition) is 1. The van der Waals surface area contributed by atoms with E-state index in [1.807, 2.05) is 4.90 Å². The molecule has 0 aliphatic carbocycles. The molecule has 29 heavy (non-hydrogen) atoms. The number of hydrogen-bond acceptors (Lipinski definition) is 5. The van der Waals surface area contributed by atoms with Crippen LogP contribution in [0.3, 0.4) is 0 Å². The maximum absolute atomic E-state index is 12.7. The van der Waals surface area contributed by atoms with Gasteiger partial charge in [0, 0.05) is 29.7 Å². The van der Waals surface area contributed by atoms with Crippen molar-refractivity contribution >= 4 is 38.3 Å². The Morgan fingerprint density at radius 3 is 2.52 bits per heavy atom. The average Bonchev–Trinajstić information content (AvgIpc) is 3.30. The molecular formula is C20H20ClN3O4S. The van der Waals surface area contributed by atoms with E-state index in [1.54, 1.807) is 43.3 Å². The average molecular weight is 434 g/mol. The predicted molar refractivity (Wildman–Crippen MR) is 111 cm³/mol. The second-order valence-electron chi connectivity index (χ2n) is 7.06. The number of amidine groups is 1. The lowest BCUT2D eigenvalue weighted by Gasteiger charge is -2.33. The molecule has 1 aromatic heterocycles. The summed E-state index contributed by atoms with van der Waals surface area (Å²) < 4.78 is 34.5. The molecule has 0 radical (unpaired) electrons. The first-order valence-corrected chi connectivity index (χ1v) is 11.1. The highest BCUT2D eigenvalue weighted by Crippen LogP contribution is 2.34. The van der Waals surface area contributed by atoms with Crippen LogP contribution in [0.1, 0.15) is 35.9 Å². The van der Waals surface area contributed by atoms with Crippen LogP contribution in [0.15, 0.2) is 57.0 Å². The van der Waals surface area contributed by atoms with Crippen LogP contribution in [0.25, 0.3) is 4.91 Å². The van der Waals surface area contributed by atoms with Gasteiger partial charge in [0.15, 0.2) is 5.76 Å². The third-order valence-electron chi connectivity index (χ3n) is 5.12. The van der Waals surface area contributed by atoms with Gasteiger partial charge in [-0.25, -0.2) is 0 Å².